The van der Waals surface area contributed by atoms with Crippen LogP contribution in [0.4, 0.5) is 14.6 Å². The Hall–Kier alpha value is -3.53. The topological polar surface area (TPSA) is 101 Å². The quantitative estimate of drug-likeness (QED) is 0.466. The van der Waals surface area contributed by atoms with Gasteiger partial charge in [0.2, 0.25) is 5.91 Å². The molecule has 5 rings (SSSR count). The molecule has 0 spiro atoms. The number of halogens is 3. The normalized spacial score (nSPS) is 17.8. The van der Waals surface area contributed by atoms with E-state index in [4.69, 9.17) is 11.6 Å². The summed E-state index contributed by atoms with van der Waals surface area (Å²) in [5.74, 6) is -2.58. The number of nitrogens with one attached hydrogen (secondary N) is 2. The fourth-order valence-corrected chi connectivity index (χ4v) is 3.86. The Morgan fingerprint density at radius 2 is 2.16 bits per heavy atom. The van der Waals surface area contributed by atoms with E-state index in [2.05, 4.69) is 25.3 Å². The van der Waals surface area contributed by atoms with Gasteiger partial charge in [0.05, 0.1) is 35.3 Å². The molecule has 1 aromatic carbocycles. The number of hydrogen-bond acceptors (Lipinski definition) is 5. The molecule has 2 N–H and O–H groups in total. The van der Waals surface area contributed by atoms with Crippen LogP contribution in [0.2, 0.25) is 5.02 Å². The van der Waals surface area contributed by atoms with Crippen molar-refractivity contribution >= 4 is 45.7 Å². The molecule has 0 saturated heterocycles. The third-order valence-electron chi connectivity index (χ3n) is 5.23. The first-order valence-corrected chi connectivity index (χ1v) is 9.64. The predicted molar refractivity (Wildman–Crippen MR) is 108 cm³/mol. The van der Waals surface area contributed by atoms with Crippen LogP contribution in [0.25, 0.3) is 27.5 Å². The van der Waals surface area contributed by atoms with Crippen molar-refractivity contribution in [2.75, 3.05) is 12.4 Å². The van der Waals surface area contributed by atoms with Gasteiger partial charge < -0.3 is 10.1 Å². The maximum absolute atomic E-state index is 15.0. The maximum Gasteiger partial charge on any atom is 0.343 e. The Morgan fingerprint density at radius 1 is 1.39 bits per heavy atom. The highest BCUT2D eigenvalue weighted by atomic mass is 35.5. The number of methoxy groups -OCH3 is 1. The standard InChI is InChI=1S/C20H14ClF2N5O3/c1-31-20(30)15-17(23)16(21)14(11-7-24-26-18(11)15)8-2-3-28-9(4-8)5-13(27-28)25-19(29)10-6-12(10)22/h2-5,7,10,12H,6H2,1H3,(H,24,26)(H,25,27,29)/t10-,12+/m1/s1. The summed E-state index contributed by atoms with van der Waals surface area (Å²) in [5.41, 5.74) is 1.30. The highest BCUT2D eigenvalue weighted by Crippen LogP contribution is 2.40. The molecular weight excluding hydrogens is 432 g/mol. The van der Waals surface area contributed by atoms with Crippen LogP contribution in [0.15, 0.2) is 30.6 Å². The Morgan fingerprint density at radius 3 is 2.87 bits per heavy atom. The summed E-state index contributed by atoms with van der Waals surface area (Å²) in [5, 5.41) is 13.6. The summed E-state index contributed by atoms with van der Waals surface area (Å²) >= 11 is 6.31. The second-order valence-electron chi connectivity index (χ2n) is 7.19. The van der Waals surface area contributed by atoms with Gasteiger partial charge in [0, 0.05) is 23.2 Å². The molecule has 0 radical (unpaired) electrons. The minimum absolute atomic E-state index is 0.162. The number of carbonyl (C=O) groups is 2. The summed E-state index contributed by atoms with van der Waals surface area (Å²) in [4.78, 5) is 24.0. The molecule has 1 aliphatic rings. The summed E-state index contributed by atoms with van der Waals surface area (Å²) in [6, 6.07) is 4.97. The minimum atomic E-state index is -1.11. The molecule has 1 saturated carbocycles. The molecule has 1 amide bonds. The molecule has 1 fully saturated rings. The van der Waals surface area contributed by atoms with Crippen molar-refractivity contribution in [3.05, 3.63) is 47.0 Å². The number of alkyl halides is 1. The number of anilines is 1. The van der Waals surface area contributed by atoms with E-state index in [1.165, 1.54) is 10.7 Å². The number of nitrogens with zero attached hydrogens (tertiary/aromatic N) is 3. The van der Waals surface area contributed by atoms with Gasteiger partial charge in [-0.15, -0.1) is 0 Å². The van der Waals surface area contributed by atoms with Crippen LogP contribution in [0.1, 0.15) is 16.8 Å². The van der Waals surface area contributed by atoms with Gasteiger partial charge in [0.1, 0.15) is 11.7 Å². The molecule has 8 nitrogen and oxygen atoms in total. The third kappa shape index (κ3) is 3.10. The lowest BCUT2D eigenvalue weighted by Crippen LogP contribution is -2.15. The summed E-state index contributed by atoms with van der Waals surface area (Å²) in [6.07, 6.45) is 2.17. The van der Waals surface area contributed by atoms with Crippen molar-refractivity contribution in [2.45, 2.75) is 12.6 Å². The molecule has 0 unspecified atom stereocenters. The predicted octanol–water partition coefficient (Wildman–Crippen LogP) is 3.75. The van der Waals surface area contributed by atoms with Gasteiger partial charge in [-0.2, -0.15) is 10.2 Å². The van der Waals surface area contributed by atoms with Crippen molar-refractivity contribution in [3.63, 3.8) is 0 Å². The molecule has 3 aromatic heterocycles. The van der Waals surface area contributed by atoms with E-state index < -0.39 is 29.8 Å². The van der Waals surface area contributed by atoms with Gasteiger partial charge in [-0.1, -0.05) is 11.6 Å². The van der Waals surface area contributed by atoms with Crippen LogP contribution in [0, 0.1) is 11.7 Å². The number of H-pyrrole nitrogens is 1. The van der Waals surface area contributed by atoms with Crippen molar-refractivity contribution < 1.29 is 23.1 Å². The number of pyridine rings is 1. The number of fused-ring (bicyclic) bond motifs is 2. The number of rotatable bonds is 4. The average molecular weight is 446 g/mol. The SMILES string of the molecule is COC(=O)c1c(F)c(Cl)c(-c2ccn3nc(NC(=O)[C@@H]4C[C@@H]4F)cc3c2)c2cn[nH]c12. The van der Waals surface area contributed by atoms with Crippen molar-refractivity contribution in [1.29, 1.82) is 0 Å². The molecule has 3 heterocycles. The lowest BCUT2D eigenvalue weighted by atomic mass is 9.99. The zero-order valence-electron chi connectivity index (χ0n) is 15.9. The average Bonchev–Trinajstić information content (AvgIpc) is 3.12. The van der Waals surface area contributed by atoms with E-state index in [1.807, 2.05) is 0 Å². The second-order valence-corrected chi connectivity index (χ2v) is 7.57. The number of hydrogen-bond donors (Lipinski definition) is 2. The van der Waals surface area contributed by atoms with Gasteiger partial charge in [0.15, 0.2) is 11.6 Å². The number of aromatic nitrogens is 4. The van der Waals surface area contributed by atoms with Crippen molar-refractivity contribution in [3.8, 4) is 11.1 Å². The Labute approximate surface area is 178 Å². The van der Waals surface area contributed by atoms with Crippen LogP contribution in [-0.2, 0) is 9.53 Å². The molecule has 2 atom stereocenters. The lowest BCUT2D eigenvalue weighted by molar-refractivity contribution is -0.117. The summed E-state index contributed by atoms with van der Waals surface area (Å²) < 4.78 is 34.2. The Kier molecular flexibility index (Phi) is 4.40. The van der Waals surface area contributed by atoms with Gasteiger partial charge in [-0.3, -0.25) is 9.89 Å². The number of ether oxygens (including phenoxy) is 1. The van der Waals surface area contributed by atoms with Gasteiger partial charge in [0.25, 0.3) is 0 Å². The number of esters is 1. The van der Waals surface area contributed by atoms with Crippen molar-refractivity contribution in [2.24, 2.45) is 5.92 Å². The van der Waals surface area contributed by atoms with Gasteiger partial charge in [-0.05, 0) is 24.1 Å². The number of benzene rings is 1. The van der Waals surface area contributed by atoms with E-state index in [9.17, 15) is 18.4 Å². The molecule has 31 heavy (non-hydrogen) atoms. The van der Waals surface area contributed by atoms with Crippen LogP contribution in [-0.4, -0.2) is 45.0 Å². The second kappa shape index (κ2) is 7.02. The maximum atomic E-state index is 15.0. The summed E-state index contributed by atoms with van der Waals surface area (Å²) in [6.45, 7) is 0. The molecule has 158 valence electrons. The molecule has 11 heteroatoms. The first kappa shape index (κ1) is 19.4. The highest BCUT2D eigenvalue weighted by Gasteiger charge is 2.43. The molecular formula is C20H14ClF2N5O3. The largest absolute Gasteiger partial charge is 0.465 e. The van der Waals surface area contributed by atoms with Crippen LogP contribution in [0.3, 0.4) is 0 Å². The monoisotopic (exact) mass is 445 g/mol. The van der Waals surface area contributed by atoms with Crippen LogP contribution >= 0.6 is 11.6 Å². The summed E-state index contributed by atoms with van der Waals surface area (Å²) in [7, 11) is 1.15. The van der Waals surface area contributed by atoms with Crippen LogP contribution in [0.5, 0.6) is 0 Å². The molecule has 4 aromatic rings. The van der Waals surface area contributed by atoms with Gasteiger partial charge in [-0.25, -0.2) is 18.1 Å². The Bertz CT molecular complexity index is 1380. The number of carbonyl (C=O) groups excluding carboxylic acids is 2. The third-order valence-corrected chi connectivity index (χ3v) is 5.59. The lowest BCUT2D eigenvalue weighted by Gasteiger charge is -2.11. The fraction of sp³-hybridized carbons (Fsp3) is 0.200. The zero-order chi connectivity index (χ0) is 21.9. The highest BCUT2D eigenvalue weighted by molar-refractivity contribution is 6.36. The number of amides is 1. The van der Waals surface area contributed by atoms with Gasteiger partial charge >= 0.3 is 5.97 Å². The van der Waals surface area contributed by atoms with Crippen LogP contribution < -0.4 is 5.32 Å². The minimum Gasteiger partial charge on any atom is -0.465 e. The smallest absolute Gasteiger partial charge is 0.343 e. The van der Waals surface area contributed by atoms with E-state index in [1.54, 1.807) is 24.4 Å². The first-order valence-electron chi connectivity index (χ1n) is 9.26. The Balaban J connectivity index is 1.59. The molecule has 1 aliphatic carbocycles. The van der Waals surface area contributed by atoms with Crippen molar-refractivity contribution in [1.82, 2.24) is 19.8 Å². The molecule has 0 bridgehead atoms. The van der Waals surface area contributed by atoms with E-state index in [0.29, 0.717) is 22.0 Å². The van der Waals surface area contributed by atoms with E-state index >= 15 is 0 Å². The first-order chi connectivity index (χ1) is 14.9. The van der Waals surface area contributed by atoms with E-state index in [-0.39, 0.29) is 28.3 Å². The van der Waals surface area contributed by atoms with E-state index in [0.717, 1.165) is 7.11 Å². The number of aromatic amines is 1. The zero-order valence-corrected chi connectivity index (χ0v) is 16.7. The fourth-order valence-electron chi connectivity index (χ4n) is 3.55. The molecule has 0 aliphatic heterocycles.